The molecule has 0 aliphatic carbocycles. The van der Waals surface area contributed by atoms with Gasteiger partial charge in [0.1, 0.15) is 5.82 Å². The van der Waals surface area contributed by atoms with E-state index in [2.05, 4.69) is 5.32 Å². The summed E-state index contributed by atoms with van der Waals surface area (Å²) in [6, 6.07) is 12.2. The van der Waals surface area contributed by atoms with Crippen LogP contribution in [-0.2, 0) is 0 Å². The van der Waals surface area contributed by atoms with Gasteiger partial charge in [-0.25, -0.2) is 9.18 Å². The Labute approximate surface area is 122 Å². The lowest BCUT2D eigenvalue weighted by atomic mass is 10.0. The zero-order valence-electron chi connectivity index (χ0n) is 11.6. The maximum Gasteiger partial charge on any atom is 0.338 e. The van der Waals surface area contributed by atoms with E-state index in [-0.39, 0.29) is 11.6 Å². The predicted molar refractivity (Wildman–Crippen MR) is 81.1 cm³/mol. The molecule has 0 bridgehead atoms. The van der Waals surface area contributed by atoms with Crippen LogP contribution in [-0.4, -0.2) is 17.6 Å². The van der Waals surface area contributed by atoms with Crippen molar-refractivity contribution in [1.82, 2.24) is 0 Å². The third kappa shape index (κ3) is 3.51. The molecule has 1 atom stereocenters. The molecular weight excluding hydrogens is 271 g/mol. The van der Waals surface area contributed by atoms with Crippen LogP contribution >= 0.6 is 0 Å². The molecule has 110 valence electrons. The molecular formula is C16H17FN2O2. The van der Waals surface area contributed by atoms with Crippen LogP contribution in [0.15, 0.2) is 42.5 Å². The van der Waals surface area contributed by atoms with Crippen molar-refractivity contribution in [3.63, 3.8) is 0 Å². The van der Waals surface area contributed by atoms with E-state index >= 15 is 0 Å². The maximum atomic E-state index is 13.7. The van der Waals surface area contributed by atoms with Gasteiger partial charge in [0.15, 0.2) is 0 Å². The highest BCUT2D eigenvalue weighted by Crippen LogP contribution is 2.24. The minimum absolute atomic E-state index is 0.216. The molecule has 2 rings (SSSR count). The van der Waals surface area contributed by atoms with E-state index in [1.54, 1.807) is 0 Å². The third-order valence-electron chi connectivity index (χ3n) is 3.34. The molecule has 2 aromatic rings. The Kier molecular flexibility index (Phi) is 4.42. The summed E-state index contributed by atoms with van der Waals surface area (Å²) in [7, 11) is 0. The smallest absolute Gasteiger partial charge is 0.338 e. The summed E-state index contributed by atoms with van der Waals surface area (Å²) in [6.45, 7) is 2.61. The monoisotopic (exact) mass is 288 g/mol. The van der Waals surface area contributed by atoms with Gasteiger partial charge < -0.3 is 16.2 Å². The summed E-state index contributed by atoms with van der Waals surface area (Å²) in [5.41, 5.74) is 7.12. The van der Waals surface area contributed by atoms with Crippen molar-refractivity contribution in [2.45, 2.75) is 12.8 Å². The van der Waals surface area contributed by atoms with E-state index < -0.39 is 17.3 Å². The quantitative estimate of drug-likeness (QED) is 0.738. The minimum atomic E-state index is -1.33. The topological polar surface area (TPSA) is 75.3 Å². The number of hydrogen-bond acceptors (Lipinski definition) is 3. The normalized spacial score (nSPS) is 11.9. The number of carboxylic acid groups (broad SMARTS) is 1. The van der Waals surface area contributed by atoms with Crippen molar-refractivity contribution in [3.05, 3.63) is 59.4 Å². The summed E-state index contributed by atoms with van der Waals surface area (Å²) in [6.07, 6.45) is 0. The van der Waals surface area contributed by atoms with Crippen LogP contribution in [0, 0.1) is 5.82 Å². The first-order chi connectivity index (χ1) is 9.99. The second kappa shape index (κ2) is 6.26. The van der Waals surface area contributed by atoms with Gasteiger partial charge in [0.2, 0.25) is 0 Å². The second-order valence-corrected chi connectivity index (χ2v) is 4.92. The third-order valence-corrected chi connectivity index (χ3v) is 3.34. The van der Waals surface area contributed by atoms with Crippen molar-refractivity contribution >= 4 is 17.3 Å². The van der Waals surface area contributed by atoms with Crippen molar-refractivity contribution in [2.24, 2.45) is 0 Å². The molecule has 0 aliphatic rings. The molecule has 0 radical (unpaired) electrons. The number of hydrogen-bond donors (Lipinski definition) is 3. The van der Waals surface area contributed by atoms with Crippen LogP contribution in [0.1, 0.15) is 28.8 Å². The van der Waals surface area contributed by atoms with Gasteiger partial charge in [0.25, 0.3) is 0 Å². The van der Waals surface area contributed by atoms with Crippen LogP contribution in [0.25, 0.3) is 0 Å². The highest BCUT2D eigenvalue weighted by Gasteiger charge is 2.14. The molecule has 0 heterocycles. The van der Waals surface area contributed by atoms with Crippen LogP contribution in [0.3, 0.4) is 0 Å². The van der Waals surface area contributed by atoms with Gasteiger partial charge in [-0.05, 0) is 23.6 Å². The number of nitrogen functional groups attached to an aromatic ring is 1. The van der Waals surface area contributed by atoms with Gasteiger partial charge in [-0.3, -0.25) is 0 Å². The van der Waals surface area contributed by atoms with Gasteiger partial charge in [0, 0.05) is 6.54 Å². The number of halogens is 1. The lowest BCUT2D eigenvalue weighted by molar-refractivity contribution is 0.0692. The zero-order chi connectivity index (χ0) is 15.4. The van der Waals surface area contributed by atoms with Gasteiger partial charge in [-0.2, -0.15) is 0 Å². The minimum Gasteiger partial charge on any atom is -0.478 e. The summed E-state index contributed by atoms with van der Waals surface area (Å²) < 4.78 is 13.7. The SMILES string of the molecule is CC(CNc1cc(F)c(C(=O)O)cc1N)c1ccccc1. The Morgan fingerprint density at radius 1 is 1.33 bits per heavy atom. The molecule has 0 aromatic heterocycles. The van der Waals surface area contributed by atoms with Crippen LogP contribution < -0.4 is 11.1 Å². The molecule has 2 aromatic carbocycles. The number of nitrogens with two attached hydrogens (primary N) is 1. The average molecular weight is 288 g/mol. The Morgan fingerprint density at radius 2 is 2.00 bits per heavy atom. The Balaban J connectivity index is 2.10. The molecule has 1 unspecified atom stereocenters. The lowest BCUT2D eigenvalue weighted by Crippen LogP contribution is -2.12. The first-order valence-electron chi connectivity index (χ1n) is 6.60. The highest BCUT2D eigenvalue weighted by atomic mass is 19.1. The van der Waals surface area contributed by atoms with E-state index in [9.17, 15) is 9.18 Å². The Bertz CT molecular complexity index is 644. The summed E-state index contributed by atoms with van der Waals surface area (Å²) >= 11 is 0. The van der Waals surface area contributed by atoms with Crippen LogP contribution in [0.5, 0.6) is 0 Å². The number of rotatable bonds is 5. The molecule has 4 nitrogen and oxygen atoms in total. The maximum absolute atomic E-state index is 13.7. The summed E-state index contributed by atoms with van der Waals surface area (Å²) in [5.74, 6) is -1.91. The summed E-state index contributed by atoms with van der Waals surface area (Å²) in [4.78, 5) is 10.8. The lowest BCUT2D eigenvalue weighted by Gasteiger charge is -2.16. The number of anilines is 2. The van der Waals surface area contributed by atoms with Gasteiger partial charge >= 0.3 is 5.97 Å². The fourth-order valence-electron chi connectivity index (χ4n) is 2.07. The van der Waals surface area contributed by atoms with Gasteiger partial charge in [-0.1, -0.05) is 37.3 Å². The standard InChI is InChI=1S/C16H17FN2O2/c1-10(11-5-3-2-4-6-11)9-19-15-8-13(17)12(16(20)21)7-14(15)18/h2-8,10,19H,9,18H2,1H3,(H,20,21). The molecule has 21 heavy (non-hydrogen) atoms. The number of benzene rings is 2. The van der Waals surface area contributed by atoms with E-state index in [0.717, 1.165) is 17.7 Å². The average Bonchev–Trinajstić information content (AvgIpc) is 2.48. The molecule has 4 N–H and O–H groups in total. The predicted octanol–water partition coefficient (Wildman–Crippen LogP) is 3.32. The fourth-order valence-corrected chi connectivity index (χ4v) is 2.07. The number of nitrogens with one attached hydrogen (secondary N) is 1. The van der Waals surface area contributed by atoms with Crippen LogP contribution in [0.4, 0.5) is 15.8 Å². The number of aromatic carboxylic acids is 1. The highest BCUT2D eigenvalue weighted by molar-refractivity contribution is 5.90. The first kappa shape index (κ1) is 14.8. The van der Waals surface area contributed by atoms with Crippen molar-refractivity contribution in [3.8, 4) is 0 Å². The molecule has 0 saturated carbocycles. The van der Waals surface area contributed by atoms with E-state index in [1.807, 2.05) is 37.3 Å². The van der Waals surface area contributed by atoms with Crippen LogP contribution in [0.2, 0.25) is 0 Å². The van der Waals surface area contributed by atoms with Crippen molar-refractivity contribution in [2.75, 3.05) is 17.6 Å². The largest absolute Gasteiger partial charge is 0.478 e. The molecule has 0 spiro atoms. The van der Waals surface area contributed by atoms with Crippen molar-refractivity contribution in [1.29, 1.82) is 0 Å². The second-order valence-electron chi connectivity index (χ2n) is 4.92. The molecule has 0 fully saturated rings. The molecule has 5 heteroatoms. The molecule has 0 saturated heterocycles. The molecule has 0 aliphatic heterocycles. The summed E-state index contributed by atoms with van der Waals surface area (Å²) in [5, 5.41) is 11.9. The van der Waals surface area contributed by atoms with Gasteiger partial charge in [-0.15, -0.1) is 0 Å². The zero-order valence-corrected chi connectivity index (χ0v) is 11.6. The van der Waals surface area contributed by atoms with E-state index in [0.29, 0.717) is 12.2 Å². The van der Waals surface area contributed by atoms with Gasteiger partial charge in [0.05, 0.1) is 16.9 Å². The van der Waals surface area contributed by atoms with E-state index in [1.165, 1.54) is 0 Å². The molecule has 0 amide bonds. The Hall–Kier alpha value is -2.56. The first-order valence-corrected chi connectivity index (χ1v) is 6.60. The van der Waals surface area contributed by atoms with E-state index in [4.69, 9.17) is 10.8 Å². The Morgan fingerprint density at radius 3 is 2.62 bits per heavy atom. The fraction of sp³-hybridized carbons (Fsp3) is 0.188. The number of carbonyl (C=O) groups is 1. The van der Waals surface area contributed by atoms with Crippen molar-refractivity contribution < 1.29 is 14.3 Å². The number of carboxylic acids is 1.